The van der Waals surface area contributed by atoms with E-state index in [1.165, 1.54) is 18.6 Å². The van der Waals surface area contributed by atoms with E-state index in [1.54, 1.807) is 18.3 Å². The van der Waals surface area contributed by atoms with E-state index in [1.807, 2.05) is 10.6 Å². The molecular formula is C21H20F3N5O. The molecule has 0 spiro atoms. The number of nitrogens with two attached hydrogens (primary N) is 1. The van der Waals surface area contributed by atoms with Gasteiger partial charge in [-0.25, -0.2) is 9.97 Å². The minimum absolute atomic E-state index is 0.257. The Morgan fingerprint density at radius 3 is 2.73 bits per heavy atom. The molecule has 9 heteroatoms. The topological polar surface area (TPSA) is 81.2 Å². The van der Waals surface area contributed by atoms with Crippen LogP contribution in [-0.4, -0.2) is 25.7 Å². The first-order valence-electron chi connectivity index (χ1n) is 9.91. The molecule has 0 saturated heterocycles. The maximum absolute atomic E-state index is 12.8. The third kappa shape index (κ3) is 3.24. The van der Waals surface area contributed by atoms with Crippen LogP contribution in [0.4, 0.5) is 19.0 Å². The third-order valence-electron chi connectivity index (χ3n) is 5.68. The molecule has 4 aromatic rings. The van der Waals surface area contributed by atoms with Crippen molar-refractivity contribution in [1.29, 1.82) is 0 Å². The lowest BCUT2D eigenvalue weighted by Gasteiger charge is -2.20. The van der Waals surface area contributed by atoms with Crippen LogP contribution in [-0.2, 0) is 0 Å². The fourth-order valence-electron chi connectivity index (χ4n) is 4.39. The maximum atomic E-state index is 12.8. The molecule has 0 atom stereocenters. The summed E-state index contributed by atoms with van der Waals surface area (Å²) in [4.78, 5) is 12.1. The first-order chi connectivity index (χ1) is 14.4. The van der Waals surface area contributed by atoms with Crippen molar-refractivity contribution in [2.45, 2.75) is 44.4 Å². The average molecular weight is 415 g/mol. The highest BCUT2D eigenvalue weighted by atomic mass is 19.4. The molecule has 0 amide bonds. The number of H-pyrrole nitrogens is 1. The lowest BCUT2D eigenvalue weighted by atomic mass is 9.89. The number of hydrogen-bond acceptors (Lipinski definition) is 4. The van der Waals surface area contributed by atoms with Crippen LogP contribution < -0.4 is 10.5 Å². The molecule has 0 unspecified atom stereocenters. The fraction of sp³-hybridized carbons (Fsp3) is 0.333. The Labute approximate surface area is 169 Å². The quantitative estimate of drug-likeness (QED) is 0.469. The van der Waals surface area contributed by atoms with Gasteiger partial charge in [0.2, 0.25) is 0 Å². The van der Waals surface area contributed by atoms with Crippen molar-refractivity contribution in [3.05, 3.63) is 42.5 Å². The van der Waals surface area contributed by atoms with Crippen LogP contribution in [0.15, 0.2) is 36.7 Å². The number of nitrogens with one attached hydrogen (secondary N) is 1. The first kappa shape index (κ1) is 18.8. The monoisotopic (exact) mass is 415 g/mol. The molecule has 30 heavy (non-hydrogen) atoms. The lowest BCUT2D eigenvalue weighted by Crippen LogP contribution is -2.17. The predicted molar refractivity (Wildman–Crippen MR) is 107 cm³/mol. The number of aromatic amines is 1. The van der Waals surface area contributed by atoms with Gasteiger partial charge in [0.25, 0.3) is 0 Å². The number of hydrogen-bond donors (Lipinski definition) is 2. The van der Waals surface area contributed by atoms with Gasteiger partial charge in [0, 0.05) is 23.7 Å². The molecule has 0 aliphatic heterocycles. The minimum Gasteiger partial charge on any atom is -0.404 e. The molecule has 1 saturated carbocycles. The van der Waals surface area contributed by atoms with Crippen LogP contribution in [0, 0.1) is 0 Å². The largest absolute Gasteiger partial charge is 0.573 e. The summed E-state index contributed by atoms with van der Waals surface area (Å²) in [6.45, 7) is 0. The molecule has 0 radical (unpaired) electrons. The zero-order valence-corrected chi connectivity index (χ0v) is 16.0. The Kier molecular flexibility index (Phi) is 4.34. The van der Waals surface area contributed by atoms with E-state index < -0.39 is 6.36 Å². The predicted octanol–water partition coefficient (Wildman–Crippen LogP) is 5.41. The number of benzene rings is 1. The van der Waals surface area contributed by atoms with E-state index >= 15 is 0 Å². The van der Waals surface area contributed by atoms with Crippen molar-refractivity contribution in [2.24, 2.45) is 0 Å². The molecule has 0 bridgehead atoms. The number of alkyl halides is 3. The van der Waals surface area contributed by atoms with Crippen LogP contribution in [0.2, 0.25) is 0 Å². The summed E-state index contributed by atoms with van der Waals surface area (Å²) in [6.07, 6.45) is 4.34. The van der Waals surface area contributed by atoms with Crippen molar-refractivity contribution in [3.8, 4) is 17.1 Å². The Morgan fingerprint density at radius 2 is 1.97 bits per heavy atom. The highest BCUT2D eigenvalue weighted by Gasteiger charge is 2.32. The third-order valence-corrected chi connectivity index (χ3v) is 5.68. The summed E-state index contributed by atoms with van der Waals surface area (Å²) in [5.74, 6) is 1.27. The van der Waals surface area contributed by atoms with E-state index in [9.17, 15) is 13.2 Å². The number of fused-ring (bicyclic) bond motifs is 2. The Balaban J connectivity index is 1.68. The summed E-state index contributed by atoms with van der Waals surface area (Å²) < 4.78 is 44.5. The second kappa shape index (κ2) is 6.93. The molecule has 3 heterocycles. The number of rotatable bonds is 3. The van der Waals surface area contributed by atoms with Gasteiger partial charge in [-0.1, -0.05) is 31.4 Å². The number of nitrogens with zero attached hydrogens (tertiary/aromatic N) is 3. The molecular weight excluding hydrogens is 395 g/mol. The van der Waals surface area contributed by atoms with Gasteiger partial charge >= 0.3 is 6.36 Å². The molecule has 3 aromatic heterocycles. The van der Waals surface area contributed by atoms with Crippen LogP contribution in [0.25, 0.3) is 27.8 Å². The van der Waals surface area contributed by atoms with Gasteiger partial charge in [0.05, 0.1) is 11.2 Å². The highest BCUT2D eigenvalue weighted by molar-refractivity contribution is 5.93. The summed E-state index contributed by atoms with van der Waals surface area (Å²) in [6, 6.07) is 6.29. The van der Waals surface area contributed by atoms with Crippen molar-refractivity contribution in [2.75, 3.05) is 5.73 Å². The van der Waals surface area contributed by atoms with E-state index in [0.29, 0.717) is 34.0 Å². The normalized spacial score (nSPS) is 15.8. The van der Waals surface area contributed by atoms with Crippen LogP contribution >= 0.6 is 0 Å². The van der Waals surface area contributed by atoms with Gasteiger partial charge in [0.15, 0.2) is 5.75 Å². The van der Waals surface area contributed by atoms with E-state index in [-0.39, 0.29) is 11.3 Å². The number of anilines is 1. The van der Waals surface area contributed by atoms with Gasteiger partial charge < -0.3 is 15.5 Å². The van der Waals surface area contributed by atoms with Gasteiger partial charge in [0.1, 0.15) is 22.9 Å². The van der Waals surface area contributed by atoms with Crippen LogP contribution in [0.3, 0.4) is 0 Å². The van der Waals surface area contributed by atoms with Crippen molar-refractivity contribution < 1.29 is 17.9 Å². The summed E-state index contributed by atoms with van der Waals surface area (Å²) in [7, 11) is 0. The Bertz CT molecular complexity index is 1220. The van der Waals surface area contributed by atoms with E-state index in [2.05, 4.69) is 14.7 Å². The number of para-hydroxylation sites is 1. The number of imidazole rings is 1. The van der Waals surface area contributed by atoms with Gasteiger partial charge in [-0.2, -0.15) is 0 Å². The number of halogens is 3. The summed E-state index contributed by atoms with van der Waals surface area (Å²) in [5.41, 5.74) is 8.25. The van der Waals surface area contributed by atoms with Crippen molar-refractivity contribution in [3.63, 3.8) is 0 Å². The van der Waals surface area contributed by atoms with Gasteiger partial charge in [-0.15, -0.1) is 13.2 Å². The van der Waals surface area contributed by atoms with E-state index in [4.69, 9.17) is 10.7 Å². The fourth-order valence-corrected chi connectivity index (χ4v) is 4.39. The molecule has 3 N–H and O–H groups in total. The molecule has 156 valence electrons. The molecule has 1 fully saturated rings. The standard InChI is InChI=1S/C21H20F3N5O/c22-21(23,24)30-15-8-4-7-13-11-14(27-16(13)15)17-18-19(25)26-9-10-29(18)20(28-17)12-5-2-1-3-6-12/h4,7-12,27H,1-3,5-6H2,(H2,25,26). The summed E-state index contributed by atoms with van der Waals surface area (Å²) >= 11 is 0. The molecule has 5 rings (SSSR count). The average Bonchev–Trinajstić information content (AvgIpc) is 3.30. The van der Waals surface area contributed by atoms with Gasteiger partial charge in [-0.3, -0.25) is 4.40 Å². The highest BCUT2D eigenvalue weighted by Crippen LogP contribution is 2.38. The molecule has 1 aromatic carbocycles. The second-order valence-electron chi connectivity index (χ2n) is 7.64. The number of nitrogen functional groups attached to an aromatic ring is 1. The first-order valence-corrected chi connectivity index (χ1v) is 9.91. The maximum Gasteiger partial charge on any atom is 0.573 e. The smallest absolute Gasteiger partial charge is 0.404 e. The minimum atomic E-state index is -4.77. The molecule has 6 nitrogen and oxygen atoms in total. The zero-order chi connectivity index (χ0) is 20.9. The Morgan fingerprint density at radius 1 is 1.17 bits per heavy atom. The molecule has 1 aliphatic carbocycles. The number of ether oxygens (including phenoxy) is 1. The van der Waals surface area contributed by atoms with Crippen LogP contribution in [0.5, 0.6) is 5.75 Å². The summed E-state index contributed by atoms with van der Waals surface area (Å²) in [5, 5.41) is 0.592. The van der Waals surface area contributed by atoms with Gasteiger partial charge in [-0.05, 0) is 25.0 Å². The van der Waals surface area contributed by atoms with E-state index in [0.717, 1.165) is 31.5 Å². The van der Waals surface area contributed by atoms with Crippen LogP contribution in [0.1, 0.15) is 43.8 Å². The van der Waals surface area contributed by atoms with Crippen molar-refractivity contribution in [1.82, 2.24) is 19.4 Å². The SMILES string of the molecule is Nc1nccn2c(C3CCCCC3)nc(-c3cc4cccc(OC(F)(F)F)c4[nH]3)c12. The number of aromatic nitrogens is 4. The molecule has 1 aliphatic rings. The second-order valence-corrected chi connectivity index (χ2v) is 7.64. The zero-order valence-electron chi connectivity index (χ0n) is 16.0. The Hall–Kier alpha value is -3.23. The van der Waals surface area contributed by atoms with Crippen molar-refractivity contribution >= 4 is 22.2 Å². The lowest BCUT2D eigenvalue weighted by molar-refractivity contribution is -0.274.